The molecule has 0 amide bonds. The molecular formula is C27H30ClN2O7PS. The predicted molar refractivity (Wildman–Crippen MR) is 150 cm³/mol. The van der Waals surface area contributed by atoms with Crippen molar-refractivity contribution in [2.24, 2.45) is 0 Å². The van der Waals surface area contributed by atoms with Crippen LogP contribution in [0.1, 0.15) is 41.6 Å². The zero-order valence-corrected chi connectivity index (χ0v) is 24.2. The Bertz CT molecular complexity index is 1370. The number of nitriles is 1. The average Bonchev–Trinajstić information content (AvgIpc) is 3.28. The Morgan fingerprint density at radius 3 is 2.44 bits per heavy atom. The van der Waals surface area contributed by atoms with Crippen molar-refractivity contribution < 1.29 is 33.1 Å². The van der Waals surface area contributed by atoms with Crippen LogP contribution in [0.15, 0.2) is 54.6 Å². The molecule has 0 saturated heterocycles. The van der Waals surface area contributed by atoms with Crippen LogP contribution >= 0.6 is 30.8 Å². The molecule has 0 radical (unpaired) electrons. The first-order valence-electron chi connectivity index (χ1n) is 12.1. The van der Waals surface area contributed by atoms with Crippen LogP contribution < -0.4 is 10.1 Å². The van der Waals surface area contributed by atoms with Crippen molar-refractivity contribution >= 4 is 36.7 Å². The van der Waals surface area contributed by atoms with Crippen LogP contribution in [0.2, 0.25) is 4.34 Å². The number of halogens is 1. The van der Waals surface area contributed by atoms with E-state index >= 15 is 0 Å². The summed E-state index contributed by atoms with van der Waals surface area (Å²) in [5.41, 5.74) is 1.73. The van der Waals surface area contributed by atoms with E-state index in [1.54, 1.807) is 49.4 Å². The summed E-state index contributed by atoms with van der Waals surface area (Å²) in [6, 6.07) is 17.6. The summed E-state index contributed by atoms with van der Waals surface area (Å²) < 4.78 is 28.2. The highest BCUT2D eigenvalue weighted by molar-refractivity contribution is 7.46. The molecule has 1 heterocycles. The summed E-state index contributed by atoms with van der Waals surface area (Å²) in [6.45, 7) is 5.78. The fraction of sp³-hybridized carbons (Fsp3) is 0.333. The average molecular weight is 593 g/mol. The number of benzene rings is 2. The van der Waals surface area contributed by atoms with Gasteiger partial charge in [-0.3, -0.25) is 4.52 Å². The van der Waals surface area contributed by atoms with Gasteiger partial charge in [-0.15, -0.1) is 11.3 Å². The number of phosphoric acid groups is 1. The lowest BCUT2D eigenvalue weighted by molar-refractivity contribution is 0.0526. The SMILES string of the molecule is CCOC(=O)c1ccc(-c2ccc(C#N)c(OC[C@@H](CNC(C)(C)Cc3ccc(Cl)s3)OP(=O)(O)O)c2)cc1. The summed E-state index contributed by atoms with van der Waals surface area (Å²) in [5, 5.41) is 12.9. The summed E-state index contributed by atoms with van der Waals surface area (Å²) in [6.07, 6.45) is -0.375. The van der Waals surface area contributed by atoms with Crippen LogP contribution in [0.4, 0.5) is 0 Å². The van der Waals surface area contributed by atoms with Gasteiger partial charge in [-0.1, -0.05) is 29.8 Å². The number of carbonyl (C=O) groups is 1. The summed E-state index contributed by atoms with van der Waals surface area (Å²) >= 11 is 7.49. The Labute approximate surface area is 236 Å². The molecule has 3 rings (SSSR count). The molecule has 0 aliphatic rings. The molecule has 0 spiro atoms. The number of hydrogen-bond acceptors (Lipinski definition) is 8. The van der Waals surface area contributed by atoms with Crippen LogP contribution in [0.5, 0.6) is 5.75 Å². The third-order valence-corrected chi connectivity index (χ3v) is 7.40. The maximum atomic E-state index is 11.9. The largest absolute Gasteiger partial charge is 0.489 e. The molecule has 12 heteroatoms. The Hall–Kier alpha value is -2.74. The number of thiophene rings is 1. The smallest absolute Gasteiger partial charge is 0.470 e. The lowest BCUT2D eigenvalue weighted by Crippen LogP contribution is -2.46. The number of phosphoric ester groups is 1. The lowest BCUT2D eigenvalue weighted by atomic mass is 9.99. The summed E-state index contributed by atoms with van der Waals surface area (Å²) in [7, 11) is -4.82. The molecule has 208 valence electrons. The standard InChI is InChI=1S/C27H30ClN2O7PS/c1-4-35-26(31)19-7-5-18(6-8-19)20-9-10-21(15-29)24(13-20)36-17-22(37-38(32,33)34)16-30-27(2,3)14-23-11-12-25(28)39-23/h5-13,22,30H,4,14,16-17H2,1-3H3,(H2,32,33,34)/t22-/m1/s1. The summed E-state index contributed by atoms with van der Waals surface area (Å²) in [4.78, 5) is 31.9. The molecule has 0 bridgehead atoms. The van der Waals surface area contributed by atoms with Crippen LogP contribution in [-0.2, 0) is 20.2 Å². The first-order chi connectivity index (χ1) is 18.4. The maximum Gasteiger partial charge on any atom is 0.470 e. The highest BCUT2D eigenvalue weighted by atomic mass is 35.5. The molecule has 3 aromatic rings. The Balaban J connectivity index is 1.73. The van der Waals surface area contributed by atoms with E-state index in [1.807, 2.05) is 26.0 Å². The van der Waals surface area contributed by atoms with Gasteiger partial charge in [0, 0.05) is 17.0 Å². The number of rotatable bonds is 13. The van der Waals surface area contributed by atoms with E-state index in [2.05, 4.69) is 11.4 Å². The first-order valence-corrected chi connectivity index (χ1v) is 14.8. The van der Waals surface area contributed by atoms with Gasteiger partial charge in [-0.25, -0.2) is 9.36 Å². The van der Waals surface area contributed by atoms with Gasteiger partial charge in [0.15, 0.2) is 0 Å². The van der Waals surface area contributed by atoms with Crippen LogP contribution in [0.3, 0.4) is 0 Å². The fourth-order valence-electron chi connectivity index (χ4n) is 3.77. The minimum atomic E-state index is -4.82. The van der Waals surface area contributed by atoms with Gasteiger partial charge in [0.2, 0.25) is 0 Å². The van der Waals surface area contributed by atoms with Crippen molar-refractivity contribution in [3.63, 3.8) is 0 Å². The Kier molecular flexibility index (Phi) is 10.7. The molecule has 9 nitrogen and oxygen atoms in total. The van der Waals surface area contributed by atoms with Crippen molar-refractivity contribution in [1.29, 1.82) is 5.26 Å². The van der Waals surface area contributed by atoms with Crippen molar-refractivity contribution in [3.8, 4) is 22.9 Å². The van der Waals surface area contributed by atoms with Crippen molar-refractivity contribution in [2.45, 2.75) is 38.8 Å². The van der Waals surface area contributed by atoms with Crippen LogP contribution in [0, 0.1) is 11.3 Å². The quantitative estimate of drug-likeness (QED) is 0.171. The van der Waals surface area contributed by atoms with Gasteiger partial charge in [0.05, 0.1) is 22.1 Å². The predicted octanol–water partition coefficient (Wildman–Crippen LogP) is 5.58. The second kappa shape index (κ2) is 13.6. The number of nitrogens with zero attached hydrogens (tertiary/aromatic N) is 1. The number of hydrogen-bond donors (Lipinski definition) is 3. The lowest BCUT2D eigenvalue weighted by Gasteiger charge is -2.29. The molecule has 0 saturated carbocycles. The Morgan fingerprint density at radius 1 is 1.15 bits per heavy atom. The van der Waals surface area contributed by atoms with Crippen LogP contribution in [-0.4, -0.2) is 47.2 Å². The van der Waals surface area contributed by atoms with Gasteiger partial charge in [-0.2, -0.15) is 5.26 Å². The number of carbonyl (C=O) groups excluding carboxylic acids is 1. The van der Waals surface area contributed by atoms with E-state index in [0.717, 1.165) is 16.0 Å². The number of nitrogens with one attached hydrogen (secondary N) is 1. The normalized spacial score (nSPS) is 12.5. The fourth-order valence-corrected chi connectivity index (χ4v) is 5.61. The third kappa shape index (κ3) is 9.75. The van der Waals surface area contributed by atoms with E-state index in [9.17, 15) is 24.4 Å². The highest BCUT2D eigenvalue weighted by Crippen LogP contribution is 2.38. The first kappa shape index (κ1) is 30.8. The molecule has 0 aliphatic heterocycles. The van der Waals surface area contributed by atoms with Gasteiger partial charge < -0.3 is 24.6 Å². The van der Waals surface area contributed by atoms with E-state index in [1.165, 1.54) is 11.3 Å². The molecule has 3 N–H and O–H groups in total. The number of esters is 1. The highest BCUT2D eigenvalue weighted by Gasteiger charge is 2.27. The maximum absolute atomic E-state index is 11.9. The molecule has 1 aromatic heterocycles. The van der Waals surface area contributed by atoms with Crippen molar-refractivity contribution in [1.82, 2.24) is 5.32 Å². The molecule has 0 aliphatic carbocycles. The zero-order chi connectivity index (χ0) is 28.6. The molecule has 0 fully saturated rings. The van der Waals surface area contributed by atoms with Gasteiger partial charge >= 0.3 is 13.8 Å². The van der Waals surface area contributed by atoms with E-state index in [0.29, 0.717) is 16.3 Å². The zero-order valence-electron chi connectivity index (χ0n) is 21.7. The molecule has 2 aromatic carbocycles. The third-order valence-electron chi connectivity index (χ3n) is 5.60. The van der Waals surface area contributed by atoms with E-state index in [-0.39, 0.29) is 31.1 Å². The minimum absolute atomic E-state index is 0.0775. The monoisotopic (exact) mass is 592 g/mol. The second-order valence-corrected chi connectivity index (χ2v) is 12.3. The topological polar surface area (TPSA) is 138 Å². The minimum Gasteiger partial charge on any atom is -0.489 e. The molecule has 39 heavy (non-hydrogen) atoms. The molecule has 1 atom stereocenters. The van der Waals surface area contributed by atoms with Gasteiger partial charge in [-0.05, 0) is 74.7 Å². The van der Waals surface area contributed by atoms with Crippen LogP contribution in [0.25, 0.3) is 11.1 Å². The van der Waals surface area contributed by atoms with E-state index in [4.69, 9.17) is 25.6 Å². The number of ether oxygens (including phenoxy) is 2. The second-order valence-electron chi connectivity index (χ2n) is 9.30. The Morgan fingerprint density at radius 2 is 1.85 bits per heavy atom. The summed E-state index contributed by atoms with van der Waals surface area (Å²) in [5.74, 6) is -0.184. The molecule has 0 unspecified atom stereocenters. The van der Waals surface area contributed by atoms with E-state index < -0.39 is 25.4 Å². The van der Waals surface area contributed by atoms with Crippen molar-refractivity contribution in [2.75, 3.05) is 19.8 Å². The molecular weight excluding hydrogens is 563 g/mol. The van der Waals surface area contributed by atoms with Gasteiger partial charge in [0.1, 0.15) is 24.5 Å². The van der Waals surface area contributed by atoms with Gasteiger partial charge in [0.25, 0.3) is 0 Å². The van der Waals surface area contributed by atoms with Crippen molar-refractivity contribution in [3.05, 3.63) is 74.9 Å².